The Morgan fingerprint density at radius 3 is 1.71 bits per heavy atom. The zero-order valence-electron chi connectivity index (χ0n) is 24.5. The molecule has 0 fully saturated rings. The van der Waals surface area contributed by atoms with Gasteiger partial charge in [-0.3, -0.25) is 0 Å². The second-order valence-corrected chi connectivity index (χ2v) is 12.5. The van der Waals surface area contributed by atoms with Crippen LogP contribution in [0.2, 0.25) is 0 Å². The molecule has 0 atom stereocenters. The molecule has 3 heteroatoms. The van der Waals surface area contributed by atoms with Crippen LogP contribution in [0, 0.1) is 0 Å². The molecule has 0 amide bonds. The van der Waals surface area contributed by atoms with E-state index in [9.17, 15) is 0 Å². The number of rotatable bonds is 5. The lowest BCUT2D eigenvalue weighted by molar-refractivity contribution is 1.17. The van der Waals surface area contributed by atoms with E-state index in [-0.39, 0.29) is 0 Å². The lowest BCUT2D eigenvalue weighted by atomic mass is 10.0. The molecule has 7 aromatic carbocycles. The highest BCUT2D eigenvalue weighted by Gasteiger charge is 2.16. The van der Waals surface area contributed by atoms with Crippen molar-refractivity contribution < 1.29 is 0 Å². The average molecular weight is 593 g/mol. The zero-order chi connectivity index (χ0) is 29.7. The van der Waals surface area contributed by atoms with E-state index in [2.05, 4.69) is 179 Å². The smallest absolute Gasteiger partial charge is 0.0541 e. The second kappa shape index (κ2) is 10.5. The Balaban J connectivity index is 1.14. The summed E-state index contributed by atoms with van der Waals surface area (Å²) in [4.78, 5) is 2.34. The van der Waals surface area contributed by atoms with E-state index < -0.39 is 0 Å². The summed E-state index contributed by atoms with van der Waals surface area (Å²) in [7, 11) is 0. The first-order valence-electron chi connectivity index (χ1n) is 15.3. The molecule has 9 aromatic rings. The third kappa shape index (κ3) is 4.32. The molecule has 0 bridgehead atoms. The summed E-state index contributed by atoms with van der Waals surface area (Å²) in [6, 6.07) is 61.4. The van der Waals surface area contributed by atoms with Crippen LogP contribution in [0.25, 0.3) is 58.8 Å². The molecule has 0 saturated heterocycles. The van der Waals surface area contributed by atoms with Gasteiger partial charge in [0.15, 0.2) is 0 Å². The van der Waals surface area contributed by atoms with Crippen molar-refractivity contribution in [1.82, 2.24) is 4.57 Å². The van der Waals surface area contributed by atoms with Gasteiger partial charge in [-0.15, -0.1) is 11.3 Å². The van der Waals surface area contributed by atoms with Crippen molar-refractivity contribution in [3.63, 3.8) is 0 Å². The second-order valence-electron chi connectivity index (χ2n) is 11.4. The van der Waals surface area contributed by atoms with Gasteiger partial charge in [0.05, 0.1) is 11.0 Å². The summed E-state index contributed by atoms with van der Waals surface area (Å²) in [5.41, 5.74) is 9.36. The molecular weight excluding hydrogens is 565 g/mol. The van der Waals surface area contributed by atoms with E-state index in [1.807, 2.05) is 11.3 Å². The molecule has 212 valence electrons. The molecule has 9 rings (SSSR count). The number of hydrogen-bond acceptors (Lipinski definition) is 2. The highest BCUT2D eigenvalue weighted by atomic mass is 32.1. The molecule has 45 heavy (non-hydrogen) atoms. The lowest BCUT2D eigenvalue weighted by Gasteiger charge is -2.26. The Kier molecular flexibility index (Phi) is 6.03. The van der Waals surface area contributed by atoms with Crippen molar-refractivity contribution in [2.24, 2.45) is 0 Å². The number of anilines is 3. The predicted molar refractivity (Wildman–Crippen MR) is 194 cm³/mol. The molecule has 0 aliphatic heterocycles. The van der Waals surface area contributed by atoms with E-state index in [4.69, 9.17) is 0 Å². The fourth-order valence-corrected chi connectivity index (χ4v) is 7.85. The third-order valence-electron chi connectivity index (χ3n) is 8.78. The number of fused-ring (bicyclic) bond motifs is 6. The fourth-order valence-electron chi connectivity index (χ4n) is 6.70. The molecule has 2 aromatic heterocycles. The Labute approximate surface area is 265 Å². The molecule has 0 spiro atoms. The molecule has 0 radical (unpaired) electrons. The van der Waals surface area contributed by atoms with Gasteiger partial charge in [0, 0.05) is 53.7 Å². The van der Waals surface area contributed by atoms with Crippen LogP contribution >= 0.6 is 11.3 Å². The van der Waals surface area contributed by atoms with Gasteiger partial charge in [0.1, 0.15) is 0 Å². The summed E-state index contributed by atoms with van der Waals surface area (Å²) >= 11 is 1.86. The van der Waals surface area contributed by atoms with E-state index in [0.29, 0.717) is 0 Å². The molecule has 0 unspecified atom stereocenters. The Bertz CT molecular complexity index is 2430. The van der Waals surface area contributed by atoms with Gasteiger partial charge in [-0.1, -0.05) is 103 Å². The first-order chi connectivity index (χ1) is 22.3. The van der Waals surface area contributed by atoms with Gasteiger partial charge in [-0.2, -0.15) is 0 Å². The average Bonchev–Trinajstić information content (AvgIpc) is 3.65. The maximum absolute atomic E-state index is 2.38. The Morgan fingerprint density at radius 2 is 0.956 bits per heavy atom. The number of para-hydroxylation sites is 3. The van der Waals surface area contributed by atoms with E-state index >= 15 is 0 Å². The van der Waals surface area contributed by atoms with Crippen LogP contribution in [-0.2, 0) is 0 Å². The van der Waals surface area contributed by atoms with Gasteiger partial charge in [0.25, 0.3) is 0 Å². The van der Waals surface area contributed by atoms with Crippen molar-refractivity contribution in [3.05, 3.63) is 170 Å². The van der Waals surface area contributed by atoms with Crippen LogP contribution in [-0.4, -0.2) is 4.57 Å². The Morgan fingerprint density at radius 1 is 0.378 bits per heavy atom. The van der Waals surface area contributed by atoms with Gasteiger partial charge in [-0.25, -0.2) is 0 Å². The van der Waals surface area contributed by atoms with Crippen LogP contribution in [0.15, 0.2) is 170 Å². The highest BCUT2D eigenvalue weighted by Crippen LogP contribution is 2.40. The van der Waals surface area contributed by atoms with Gasteiger partial charge >= 0.3 is 0 Å². The van der Waals surface area contributed by atoms with Gasteiger partial charge in [0.2, 0.25) is 0 Å². The number of aromatic nitrogens is 1. The van der Waals surface area contributed by atoms with E-state index in [1.165, 1.54) is 53.1 Å². The van der Waals surface area contributed by atoms with Crippen molar-refractivity contribution >= 4 is 70.4 Å². The molecular formula is C42H28N2S. The highest BCUT2D eigenvalue weighted by molar-refractivity contribution is 7.25. The summed E-state index contributed by atoms with van der Waals surface area (Å²) in [5.74, 6) is 0. The fraction of sp³-hybridized carbons (Fsp3) is 0. The predicted octanol–water partition coefficient (Wildman–Crippen LogP) is 12.3. The SMILES string of the molecule is c1ccc(N(c2ccc(-c3ccc4c(c3)sc3ccccc34)cc2)c2cccc(-n3c4ccccc4c4ccccc43)c2)cc1. The molecule has 0 saturated carbocycles. The van der Waals surface area contributed by atoms with Crippen LogP contribution in [0.1, 0.15) is 0 Å². The summed E-state index contributed by atoms with van der Waals surface area (Å²) < 4.78 is 5.04. The first kappa shape index (κ1) is 25.8. The van der Waals surface area contributed by atoms with Crippen molar-refractivity contribution in [2.45, 2.75) is 0 Å². The standard InChI is InChI=1S/C42H28N2S/c1-2-11-31(12-3-1)43(32-24-21-29(22-25-32)30-23-26-38-37-17-6-9-20-41(37)45-42(38)27-30)33-13-10-14-34(28-33)44-39-18-7-4-15-35(39)36-16-5-8-19-40(36)44/h1-28H. The van der Waals surface area contributed by atoms with Crippen molar-refractivity contribution in [2.75, 3.05) is 4.90 Å². The molecule has 0 aliphatic rings. The van der Waals surface area contributed by atoms with Crippen LogP contribution in [0.3, 0.4) is 0 Å². The molecule has 2 nitrogen and oxygen atoms in total. The quantitative estimate of drug-likeness (QED) is 0.193. The molecule has 0 N–H and O–H groups in total. The number of hydrogen-bond donors (Lipinski definition) is 0. The largest absolute Gasteiger partial charge is 0.310 e. The minimum Gasteiger partial charge on any atom is -0.310 e. The first-order valence-corrected chi connectivity index (χ1v) is 16.1. The minimum atomic E-state index is 1.11. The van der Waals surface area contributed by atoms with Gasteiger partial charge in [-0.05, 0) is 77.9 Å². The Hall–Kier alpha value is -5.64. The maximum Gasteiger partial charge on any atom is 0.0541 e. The topological polar surface area (TPSA) is 8.17 Å². The zero-order valence-corrected chi connectivity index (χ0v) is 25.3. The lowest BCUT2D eigenvalue weighted by Crippen LogP contribution is -2.10. The monoisotopic (exact) mass is 592 g/mol. The minimum absolute atomic E-state index is 1.11. The number of thiophene rings is 1. The summed E-state index contributed by atoms with van der Waals surface area (Å²) in [6.07, 6.45) is 0. The van der Waals surface area contributed by atoms with E-state index in [0.717, 1.165) is 22.7 Å². The van der Waals surface area contributed by atoms with E-state index in [1.54, 1.807) is 0 Å². The van der Waals surface area contributed by atoms with Crippen LogP contribution in [0.4, 0.5) is 17.1 Å². The van der Waals surface area contributed by atoms with Crippen LogP contribution in [0.5, 0.6) is 0 Å². The van der Waals surface area contributed by atoms with Crippen molar-refractivity contribution in [1.29, 1.82) is 0 Å². The number of nitrogens with zero attached hydrogens (tertiary/aromatic N) is 2. The summed E-state index contributed by atoms with van der Waals surface area (Å²) in [5, 5.41) is 5.20. The molecule has 2 heterocycles. The van der Waals surface area contributed by atoms with Crippen molar-refractivity contribution in [3.8, 4) is 16.8 Å². The third-order valence-corrected chi connectivity index (χ3v) is 9.91. The normalized spacial score (nSPS) is 11.6. The molecule has 0 aliphatic carbocycles. The maximum atomic E-state index is 2.38. The van der Waals surface area contributed by atoms with Crippen LogP contribution < -0.4 is 4.90 Å². The van der Waals surface area contributed by atoms with Gasteiger partial charge < -0.3 is 9.47 Å². The number of benzene rings is 7. The summed E-state index contributed by atoms with van der Waals surface area (Å²) in [6.45, 7) is 0.